The number of hydrogen-bond acceptors (Lipinski definition) is 0. The van der Waals surface area contributed by atoms with Gasteiger partial charge in [-0.2, -0.15) is 0 Å². The Balaban J connectivity index is 2.52. The Morgan fingerprint density at radius 1 is 0.700 bits per heavy atom. The summed E-state index contributed by atoms with van der Waals surface area (Å²) in [6, 6.07) is 0. The van der Waals surface area contributed by atoms with Gasteiger partial charge in [0.05, 0.1) is 0 Å². The fourth-order valence-corrected chi connectivity index (χ4v) is 1.04. The Morgan fingerprint density at radius 2 is 1.00 bits per heavy atom. The van der Waals surface area contributed by atoms with Crippen molar-refractivity contribution in [3.63, 3.8) is 0 Å². The first-order chi connectivity index (χ1) is 4.63. The molecule has 0 unspecified atom stereocenters. The standard InChI is InChI=1S/C6H8F4/c7-3-1-2-4(8)6(10)5(3)9/h3-6H,1-2H2/t3-,4+,5+,6-. The summed E-state index contributed by atoms with van der Waals surface area (Å²) in [6.45, 7) is 0. The Bertz CT molecular complexity index is 102. The quantitative estimate of drug-likeness (QED) is 0.471. The van der Waals surface area contributed by atoms with E-state index in [4.69, 9.17) is 0 Å². The zero-order valence-corrected chi connectivity index (χ0v) is 5.24. The molecule has 0 bridgehead atoms. The monoisotopic (exact) mass is 156 g/mol. The molecule has 0 radical (unpaired) electrons. The fraction of sp³-hybridized carbons (Fsp3) is 1.00. The molecule has 60 valence electrons. The highest BCUT2D eigenvalue weighted by Gasteiger charge is 2.40. The largest absolute Gasteiger partial charge is 0.244 e. The summed E-state index contributed by atoms with van der Waals surface area (Å²) in [7, 11) is 0. The third-order valence-corrected chi connectivity index (χ3v) is 1.71. The van der Waals surface area contributed by atoms with Crippen LogP contribution < -0.4 is 0 Å². The van der Waals surface area contributed by atoms with Gasteiger partial charge in [0.1, 0.15) is 12.3 Å². The molecule has 0 spiro atoms. The molecule has 4 heteroatoms. The van der Waals surface area contributed by atoms with E-state index in [1.807, 2.05) is 0 Å². The van der Waals surface area contributed by atoms with Crippen LogP contribution in [0.2, 0.25) is 0 Å². The van der Waals surface area contributed by atoms with Crippen LogP contribution in [0.1, 0.15) is 12.8 Å². The van der Waals surface area contributed by atoms with Crippen molar-refractivity contribution >= 4 is 0 Å². The highest BCUT2D eigenvalue weighted by atomic mass is 19.2. The average molecular weight is 156 g/mol. The van der Waals surface area contributed by atoms with Gasteiger partial charge in [0.2, 0.25) is 0 Å². The van der Waals surface area contributed by atoms with E-state index in [1.165, 1.54) is 0 Å². The maximum Gasteiger partial charge on any atom is 0.165 e. The molecule has 1 fully saturated rings. The summed E-state index contributed by atoms with van der Waals surface area (Å²) in [5, 5.41) is 0. The second-order valence-electron chi connectivity index (χ2n) is 2.50. The molecular formula is C6H8F4. The number of halogens is 4. The molecule has 1 rings (SSSR count). The third-order valence-electron chi connectivity index (χ3n) is 1.71. The van der Waals surface area contributed by atoms with Gasteiger partial charge in [-0.05, 0) is 12.8 Å². The molecule has 0 aromatic carbocycles. The van der Waals surface area contributed by atoms with Crippen molar-refractivity contribution in [3.05, 3.63) is 0 Å². The molecule has 4 atom stereocenters. The minimum atomic E-state index is -2.26. The lowest BCUT2D eigenvalue weighted by Crippen LogP contribution is -2.40. The van der Waals surface area contributed by atoms with Gasteiger partial charge >= 0.3 is 0 Å². The molecule has 0 aromatic heterocycles. The van der Waals surface area contributed by atoms with Crippen LogP contribution in [0.3, 0.4) is 0 Å². The molecule has 1 saturated carbocycles. The van der Waals surface area contributed by atoms with E-state index in [9.17, 15) is 17.6 Å². The van der Waals surface area contributed by atoms with Gasteiger partial charge in [0.25, 0.3) is 0 Å². The lowest BCUT2D eigenvalue weighted by molar-refractivity contribution is -0.00803. The summed E-state index contributed by atoms with van der Waals surface area (Å²) in [6.07, 6.45) is -8.57. The first-order valence-electron chi connectivity index (χ1n) is 3.19. The predicted molar refractivity (Wildman–Crippen MR) is 28.8 cm³/mol. The Hall–Kier alpha value is -0.280. The summed E-state index contributed by atoms with van der Waals surface area (Å²) in [4.78, 5) is 0. The van der Waals surface area contributed by atoms with Crippen LogP contribution in [-0.4, -0.2) is 24.7 Å². The van der Waals surface area contributed by atoms with Crippen molar-refractivity contribution in [2.24, 2.45) is 0 Å². The predicted octanol–water partition coefficient (Wildman–Crippen LogP) is 2.13. The maximum atomic E-state index is 12.2. The lowest BCUT2D eigenvalue weighted by Gasteiger charge is -2.25. The fourth-order valence-electron chi connectivity index (χ4n) is 1.04. The van der Waals surface area contributed by atoms with Gasteiger partial charge in [-0.1, -0.05) is 0 Å². The lowest BCUT2D eigenvalue weighted by atomic mass is 9.94. The van der Waals surface area contributed by atoms with Crippen LogP contribution in [0, 0.1) is 0 Å². The van der Waals surface area contributed by atoms with Crippen LogP contribution in [0.4, 0.5) is 17.6 Å². The zero-order valence-electron chi connectivity index (χ0n) is 5.24. The Labute approximate surface area is 56.2 Å². The van der Waals surface area contributed by atoms with E-state index in [0.29, 0.717) is 0 Å². The van der Waals surface area contributed by atoms with Crippen molar-refractivity contribution < 1.29 is 17.6 Å². The van der Waals surface area contributed by atoms with E-state index in [2.05, 4.69) is 0 Å². The van der Waals surface area contributed by atoms with Crippen molar-refractivity contribution in [2.45, 2.75) is 37.5 Å². The molecule has 1 aliphatic carbocycles. The van der Waals surface area contributed by atoms with Crippen LogP contribution in [0.5, 0.6) is 0 Å². The molecule has 0 saturated heterocycles. The summed E-state index contributed by atoms with van der Waals surface area (Å²) in [5.41, 5.74) is 0. The van der Waals surface area contributed by atoms with Crippen molar-refractivity contribution in [3.8, 4) is 0 Å². The van der Waals surface area contributed by atoms with Crippen LogP contribution in [-0.2, 0) is 0 Å². The second kappa shape index (κ2) is 2.76. The molecule has 0 amide bonds. The first kappa shape index (κ1) is 7.82. The number of rotatable bonds is 0. The topological polar surface area (TPSA) is 0 Å². The molecule has 1 aliphatic rings. The molecule has 0 aromatic rings. The molecule has 0 N–H and O–H groups in total. The van der Waals surface area contributed by atoms with Crippen molar-refractivity contribution in [2.75, 3.05) is 0 Å². The van der Waals surface area contributed by atoms with Crippen molar-refractivity contribution in [1.82, 2.24) is 0 Å². The molecule has 0 aliphatic heterocycles. The highest BCUT2D eigenvalue weighted by molar-refractivity contribution is 4.88. The van der Waals surface area contributed by atoms with Crippen LogP contribution in [0.25, 0.3) is 0 Å². The molecular weight excluding hydrogens is 148 g/mol. The summed E-state index contributed by atoms with van der Waals surface area (Å²) in [5.74, 6) is 0. The van der Waals surface area contributed by atoms with Gasteiger partial charge < -0.3 is 0 Å². The Kier molecular flexibility index (Phi) is 2.16. The van der Waals surface area contributed by atoms with Crippen LogP contribution in [0.15, 0.2) is 0 Å². The summed E-state index contributed by atoms with van der Waals surface area (Å²) >= 11 is 0. The third kappa shape index (κ3) is 1.25. The number of hydrogen-bond donors (Lipinski definition) is 0. The molecule has 0 nitrogen and oxygen atoms in total. The molecule has 10 heavy (non-hydrogen) atoms. The SMILES string of the molecule is F[C@@H]1[C@H](F)[C@@H](F)CC[C@H]1F. The highest BCUT2D eigenvalue weighted by Crippen LogP contribution is 2.28. The van der Waals surface area contributed by atoms with Crippen molar-refractivity contribution in [1.29, 1.82) is 0 Å². The van der Waals surface area contributed by atoms with Gasteiger partial charge in [-0.15, -0.1) is 0 Å². The zero-order chi connectivity index (χ0) is 7.72. The summed E-state index contributed by atoms with van der Waals surface area (Å²) < 4.78 is 48.9. The Morgan fingerprint density at radius 3 is 1.30 bits per heavy atom. The minimum Gasteiger partial charge on any atom is -0.244 e. The van der Waals surface area contributed by atoms with E-state index < -0.39 is 24.7 Å². The van der Waals surface area contributed by atoms with Crippen LogP contribution >= 0.6 is 0 Å². The van der Waals surface area contributed by atoms with E-state index in [-0.39, 0.29) is 12.8 Å². The smallest absolute Gasteiger partial charge is 0.165 e. The normalized spacial score (nSPS) is 49.2. The maximum absolute atomic E-state index is 12.2. The van der Waals surface area contributed by atoms with E-state index in [0.717, 1.165) is 0 Å². The molecule has 0 heterocycles. The van der Waals surface area contributed by atoms with Gasteiger partial charge in [0.15, 0.2) is 12.3 Å². The van der Waals surface area contributed by atoms with E-state index in [1.54, 1.807) is 0 Å². The van der Waals surface area contributed by atoms with Gasteiger partial charge in [-0.25, -0.2) is 17.6 Å². The first-order valence-corrected chi connectivity index (χ1v) is 3.19. The minimum absolute atomic E-state index is 0.206. The average Bonchev–Trinajstić information content (AvgIpc) is 1.93. The van der Waals surface area contributed by atoms with Gasteiger partial charge in [-0.3, -0.25) is 0 Å². The van der Waals surface area contributed by atoms with E-state index >= 15 is 0 Å². The van der Waals surface area contributed by atoms with Gasteiger partial charge in [0, 0.05) is 0 Å². The second-order valence-corrected chi connectivity index (χ2v) is 2.50. The number of alkyl halides is 4.